The second kappa shape index (κ2) is 8.29. The summed E-state index contributed by atoms with van der Waals surface area (Å²) in [6.07, 6.45) is 3.00. The van der Waals surface area contributed by atoms with Crippen LogP contribution in [-0.4, -0.2) is 27.8 Å². The van der Waals surface area contributed by atoms with Crippen molar-refractivity contribution in [3.8, 4) is 17.1 Å². The van der Waals surface area contributed by atoms with Crippen molar-refractivity contribution in [2.45, 2.75) is 26.3 Å². The number of oxazole rings is 1. The van der Waals surface area contributed by atoms with E-state index in [1.165, 1.54) is 23.0 Å². The molecule has 3 aromatic heterocycles. The van der Waals surface area contributed by atoms with E-state index >= 15 is 0 Å². The quantitative estimate of drug-likeness (QED) is 0.439. The Morgan fingerprint density at radius 3 is 2.59 bits per heavy atom. The standard InChI is InChI=1S/C22H20F2N4O4/c1-13-26-19(20(31-13)14-4-6-16(30-3)7-5-14)21(29)27-15-10-25-28(11-15)12-17-8-9-18(32-17)22(2,23)24/h4-11H,12H2,1-3H3,(H,27,29). The molecule has 0 aliphatic carbocycles. The number of nitrogens with zero attached hydrogens (tertiary/aromatic N) is 3. The van der Waals surface area contributed by atoms with E-state index in [2.05, 4.69) is 15.4 Å². The normalized spacial score (nSPS) is 11.5. The van der Waals surface area contributed by atoms with Crippen LogP contribution in [0.15, 0.2) is 57.6 Å². The number of ether oxygens (including phenoxy) is 1. The summed E-state index contributed by atoms with van der Waals surface area (Å²) in [5.41, 5.74) is 1.21. The number of anilines is 1. The van der Waals surface area contributed by atoms with Crippen LogP contribution >= 0.6 is 0 Å². The van der Waals surface area contributed by atoms with Gasteiger partial charge in [-0.15, -0.1) is 0 Å². The fraction of sp³-hybridized carbons (Fsp3) is 0.227. The highest BCUT2D eigenvalue weighted by atomic mass is 19.3. The second-order valence-electron chi connectivity index (χ2n) is 7.17. The number of alkyl halides is 2. The Labute approximate surface area is 181 Å². The number of rotatable bonds is 7. The van der Waals surface area contributed by atoms with E-state index < -0.39 is 17.6 Å². The minimum atomic E-state index is -3.06. The number of carbonyl (C=O) groups excluding carboxylic acids is 1. The lowest BCUT2D eigenvalue weighted by Crippen LogP contribution is -2.13. The molecule has 0 atom stereocenters. The van der Waals surface area contributed by atoms with Crippen molar-refractivity contribution in [3.63, 3.8) is 0 Å². The van der Waals surface area contributed by atoms with Gasteiger partial charge in [-0.3, -0.25) is 9.48 Å². The zero-order valence-electron chi connectivity index (χ0n) is 17.6. The van der Waals surface area contributed by atoms with Gasteiger partial charge in [0, 0.05) is 25.6 Å². The molecule has 0 radical (unpaired) electrons. The van der Waals surface area contributed by atoms with Crippen LogP contribution in [0, 0.1) is 6.92 Å². The first kappa shape index (κ1) is 21.3. The van der Waals surface area contributed by atoms with E-state index in [0.29, 0.717) is 34.4 Å². The topological polar surface area (TPSA) is 95.3 Å². The van der Waals surface area contributed by atoms with E-state index in [1.807, 2.05) is 0 Å². The second-order valence-corrected chi connectivity index (χ2v) is 7.17. The van der Waals surface area contributed by atoms with Crippen LogP contribution in [0.1, 0.15) is 34.8 Å². The largest absolute Gasteiger partial charge is 0.497 e. The number of amides is 1. The number of hydrogen-bond donors (Lipinski definition) is 1. The number of nitrogens with one attached hydrogen (secondary N) is 1. The summed E-state index contributed by atoms with van der Waals surface area (Å²) >= 11 is 0. The van der Waals surface area contributed by atoms with Gasteiger partial charge in [0.2, 0.25) is 0 Å². The molecule has 0 aliphatic rings. The Morgan fingerprint density at radius 2 is 1.94 bits per heavy atom. The van der Waals surface area contributed by atoms with E-state index in [9.17, 15) is 13.6 Å². The molecule has 0 bridgehead atoms. The highest BCUT2D eigenvalue weighted by Crippen LogP contribution is 2.29. The summed E-state index contributed by atoms with van der Waals surface area (Å²) in [5.74, 6) is -2.28. The Hall–Kier alpha value is -3.95. The number of aromatic nitrogens is 3. The molecule has 8 nitrogen and oxygen atoms in total. The summed E-state index contributed by atoms with van der Waals surface area (Å²) in [7, 11) is 1.57. The van der Waals surface area contributed by atoms with Gasteiger partial charge in [-0.2, -0.15) is 13.9 Å². The molecule has 4 rings (SSSR count). The molecule has 0 spiro atoms. The highest BCUT2D eigenvalue weighted by molar-refractivity contribution is 6.06. The molecular formula is C22H20F2N4O4. The maximum Gasteiger partial charge on any atom is 0.301 e. The van der Waals surface area contributed by atoms with Crippen molar-refractivity contribution in [1.29, 1.82) is 0 Å². The summed E-state index contributed by atoms with van der Waals surface area (Å²) in [6, 6.07) is 9.75. The molecule has 10 heteroatoms. The lowest BCUT2D eigenvalue weighted by molar-refractivity contribution is -0.00636. The zero-order chi connectivity index (χ0) is 22.9. The average Bonchev–Trinajstić information content (AvgIpc) is 3.48. The summed E-state index contributed by atoms with van der Waals surface area (Å²) in [4.78, 5) is 17.0. The molecule has 0 saturated heterocycles. The maximum absolute atomic E-state index is 13.3. The summed E-state index contributed by atoms with van der Waals surface area (Å²) in [5, 5.41) is 6.85. The molecule has 32 heavy (non-hydrogen) atoms. The van der Waals surface area contributed by atoms with Crippen molar-refractivity contribution in [3.05, 3.63) is 71.9 Å². The molecule has 1 N–H and O–H groups in total. The first-order valence-corrected chi connectivity index (χ1v) is 9.65. The Morgan fingerprint density at radius 1 is 1.19 bits per heavy atom. The first-order chi connectivity index (χ1) is 15.2. The van der Waals surface area contributed by atoms with E-state index in [0.717, 1.165) is 6.92 Å². The van der Waals surface area contributed by atoms with Crippen LogP contribution in [0.25, 0.3) is 11.3 Å². The molecule has 1 amide bonds. The van der Waals surface area contributed by atoms with Gasteiger partial charge in [0.05, 0.1) is 25.5 Å². The summed E-state index contributed by atoms with van der Waals surface area (Å²) < 4.78 is 44.1. The predicted molar refractivity (Wildman–Crippen MR) is 111 cm³/mol. The lowest BCUT2D eigenvalue weighted by Gasteiger charge is -2.05. The molecule has 166 valence electrons. The van der Waals surface area contributed by atoms with Gasteiger partial charge in [0.25, 0.3) is 5.91 Å². The molecule has 1 aromatic carbocycles. The van der Waals surface area contributed by atoms with Crippen molar-refractivity contribution >= 4 is 11.6 Å². The molecule has 4 aromatic rings. The van der Waals surface area contributed by atoms with Crippen LogP contribution in [0.5, 0.6) is 5.75 Å². The maximum atomic E-state index is 13.3. The molecule has 0 aliphatic heterocycles. The van der Waals surface area contributed by atoms with Gasteiger partial charge in [-0.05, 0) is 36.4 Å². The van der Waals surface area contributed by atoms with E-state index in [-0.39, 0.29) is 12.2 Å². The number of hydrogen-bond acceptors (Lipinski definition) is 6. The van der Waals surface area contributed by atoms with Gasteiger partial charge in [-0.1, -0.05) is 0 Å². The van der Waals surface area contributed by atoms with E-state index in [1.54, 1.807) is 44.5 Å². The number of halogens is 2. The van der Waals surface area contributed by atoms with Crippen molar-refractivity contribution in [1.82, 2.24) is 14.8 Å². The number of carbonyl (C=O) groups is 1. The Bertz CT molecular complexity index is 1240. The number of benzene rings is 1. The van der Waals surface area contributed by atoms with Gasteiger partial charge in [0.1, 0.15) is 11.5 Å². The van der Waals surface area contributed by atoms with E-state index in [4.69, 9.17) is 13.6 Å². The molecule has 0 fully saturated rings. The third kappa shape index (κ3) is 4.53. The minimum absolute atomic E-state index is 0.126. The minimum Gasteiger partial charge on any atom is -0.497 e. The van der Waals surface area contributed by atoms with Crippen LogP contribution in [-0.2, 0) is 12.5 Å². The molecule has 0 saturated carbocycles. The molecule has 3 heterocycles. The zero-order valence-corrected chi connectivity index (χ0v) is 17.6. The van der Waals surface area contributed by atoms with Crippen LogP contribution in [0.2, 0.25) is 0 Å². The first-order valence-electron chi connectivity index (χ1n) is 9.65. The third-order valence-corrected chi connectivity index (χ3v) is 4.60. The van der Waals surface area contributed by atoms with Crippen LogP contribution in [0.4, 0.5) is 14.5 Å². The average molecular weight is 442 g/mol. The van der Waals surface area contributed by atoms with Gasteiger partial charge in [0.15, 0.2) is 23.1 Å². The van der Waals surface area contributed by atoms with Crippen LogP contribution < -0.4 is 10.1 Å². The number of aryl methyl sites for hydroxylation is 1. The smallest absolute Gasteiger partial charge is 0.301 e. The molecule has 0 unspecified atom stereocenters. The van der Waals surface area contributed by atoms with Crippen molar-refractivity contribution in [2.24, 2.45) is 0 Å². The fourth-order valence-corrected chi connectivity index (χ4v) is 3.08. The predicted octanol–water partition coefficient (Wildman–Crippen LogP) is 4.86. The lowest BCUT2D eigenvalue weighted by atomic mass is 10.1. The highest BCUT2D eigenvalue weighted by Gasteiger charge is 2.28. The Kier molecular flexibility index (Phi) is 5.52. The fourth-order valence-electron chi connectivity index (χ4n) is 3.08. The van der Waals surface area contributed by atoms with Crippen molar-refractivity contribution in [2.75, 3.05) is 12.4 Å². The Balaban J connectivity index is 1.48. The summed E-state index contributed by atoms with van der Waals surface area (Å²) in [6.45, 7) is 2.55. The van der Waals surface area contributed by atoms with Crippen LogP contribution in [0.3, 0.4) is 0 Å². The van der Waals surface area contributed by atoms with Gasteiger partial charge < -0.3 is 18.9 Å². The SMILES string of the molecule is COc1ccc(-c2oc(C)nc2C(=O)Nc2cnn(Cc3ccc(C(C)(F)F)o3)c2)cc1. The van der Waals surface area contributed by atoms with Gasteiger partial charge in [-0.25, -0.2) is 4.98 Å². The van der Waals surface area contributed by atoms with Gasteiger partial charge >= 0.3 is 5.92 Å². The third-order valence-electron chi connectivity index (χ3n) is 4.60. The number of methoxy groups -OCH3 is 1. The number of furan rings is 1. The monoisotopic (exact) mass is 442 g/mol. The van der Waals surface area contributed by atoms with Crippen molar-refractivity contribution < 1.29 is 27.1 Å². The molecular weight excluding hydrogens is 422 g/mol.